The van der Waals surface area contributed by atoms with Crippen LogP contribution < -0.4 is 10.1 Å². The van der Waals surface area contributed by atoms with Crippen molar-refractivity contribution in [3.8, 4) is 11.5 Å². The van der Waals surface area contributed by atoms with Crippen molar-refractivity contribution in [2.24, 2.45) is 0 Å². The first-order chi connectivity index (χ1) is 8.19. The van der Waals surface area contributed by atoms with Crippen molar-refractivity contribution in [2.45, 2.75) is 25.8 Å². The second kappa shape index (κ2) is 7.14. The van der Waals surface area contributed by atoms with E-state index < -0.39 is 0 Å². The van der Waals surface area contributed by atoms with E-state index in [1.54, 1.807) is 13.2 Å². The number of aliphatic hydroxyl groups excluding tert-OH is 1. The molecule has 0 spiro atoms. The molecule has 3 N–H and O–H groups in total. The molecule has 0 saturated heterocycles. The van der Waals surface area contributed by atoms with Gasteiger partial charge in [-0.25, -0.2) is 0 Å². The highest BCUT2D eigenvalue weighted by molar-refractivity contribution is 5.41. The lowest BCUT2D eigenvalue weighted by Gasteiger charge is -2.16. The number of benzene rings is 1. The molecule has 0 amide bonds. The van der Waals surface area contributed by atoms with E-state index in [1.165, 1.54) is 0 Å². The molecule has 0 aliphatic carbocycles. The Morgan fingerprint density at radius 1 is 1.35 bits per heavy atom. The van der Waals surface area contributed by atoms with Gasteiger partial charge in [0.2, 0.25) is 0 Å². The third-order valence-corrected chi connectivity index (χ3v) is 2.74. The maximum absolute atomic E-state index is 9.84. The summed E-state index contributed by atoms with van der Waals surface area (Å²) in [6.45, 7) is 3.05. The van der Waals surface area contributed by atoms with E-state index in [2.05, 4.69) is 5.32 Å². The highest BCUT2D eigenvalue weighted by Gasteiger charge is 2.10. The molecule has 0 radical (unpaired) electrons. The van der Waals surface area contributed by atoms with Crippen LogP contribution in [0.3, 0.4) is 0 Å². The second-order valence-corrected chi connectivity index (χ2v) is 4.03. The van der Waals surface area contributed by atoms with Crippen LogP contribution in [0.5, 0.6) is 11.5 Å². The van der Waals surface area contributed by atoms with Gasteiger partial charge in [0.15, 0.2) is 0 Å². The number of aromatic hydroxyl groups is 1. The lowest BCUT2D eigenvalue weighted by molar-refractivity contribution is 0.282. The molecule has 0 bridgehead atoms. The number of methoxy groups -OCH3 is 1. The molecular formula is C13H21NO3. The molecule has 4 nitrogen and oxygen atoms in total. The molecule has 1 atom stereocenters. The standard InChI is InChI=1S/C13H21NO3/c1-10(14-7-3-4-8-15)12-6-5-11(17-2)9-13(12)16/h5-6,9-10,14-16H,3-4,7-8H2,1-2H3. The predicted octanol–water partition coefficient (Wildman–Crippen LogP) is 1.82. The Labute approximate surface area is 102 Å². The molecule has 4 heteroatoms. The molecule has 0 saturated carbocycles. The fourth-order valence-corrected chi connectivity index (χ4v) is 1.68. The van der Waals surface area contributed by atoms with Crippen LogP contribution in [0.4, 0.5) is 0 Å². The summed E-state index contributed by atoms with van der Waals surface area (Å²) < 4.78 is 5.03. The first-order valence-corrected chi connectivity index (χ1v) is 5.90. The lowest BCUT2D eigenvalue weighted by Crippen LogP contribution is -2.20. The molecule has 0 aromatic heterocycles. The molecule has 96 valence electrons. The Morgan fingerprint density at radius 2 is 2.12 bits per heavy atom. The molecule has 1 aromatic rings. The van der Waals surface area contributed by atoms with Crippen molar-refractivity contribution in [3.63, 3.8) is 0 Å². The number of nitrogens with one attached hydrogen (secondary N) is 1. The smallest absolute Gasteiger partial charge is 0.124 e. The predicted molar refractivity (Wildman–Crippen MR) is 67.4 cm³/mol. The number of unbranched alkanes of at least 4 members (excludes halogenated alkanes) is 1. The van der Waals surface area contributed by atoms with Gasteiger partial charge in [-0.3, -0.25) is 0 Å². The molecule has 0 aliphatic heterocycles. The van der Waals surface area contributed by atoms with E-state index in [0.717, 1.165) is 24.9 Å². The summed E-state index contributed by atoms with van der Waals surface area (Å²) in [6, 6.07) is 5.39. The van der Waals surface area contributed by atoms with E-state index in [4.69, 9.17) is 9.84 Å². The maximum Gasteiger partial charge on any atom is 0.124 e. The van der Waals surface area contributed by atoms with Crippen molar-refractivity contribution in [1.29, 1.82) is 0 Å². The molecule has 1 aromatic carbocycles. The molecule has 1 rings (SSSR count). The van der Waals surface area contributed by atoms with Gasteiger partial charge in [0, 0.05) is 24.3 Å². The van der Waals surface area contributed by atoms with Crippen molar-refractivity contribution >= 4 is 0 Å². The third kappa shape index (κ3) is 4.24. The first kappa shape index (κ1) is 13.8. The van der Waals surface area contributed by atoms with Gasteiger partial charge < -0.3 is 20.3 Å². The van der Waals surface area contributed by atoms with Gasteiger partial charge in [-0.05, 0) is 32.4 Å². The Morgan fingerprint density at radius 3 is 2.71 bits per heavy atom. The molecule has 0 fully saturated rings. The van der Waals surface area contributed by atoms with E-state index in [1.807, 2.05) is 19.1 Å². The summed E-state index contributed by atoms with van der Waals surface area (Å²) in [5.41, 5.74) is 0.856. The van der Waals surface area contributed by atoms with E-state index in [0.29, 0.717) is 5.75 Å². The van der Waals surface area contributed by atoms with Crippen LogP contribution in [0.25, 0.3) is 0 Å². The average molecular weight is 239 g/mol. The molecule has 17 heavy (non-hydrogen) atoms. The van der Waals surface area contributed by atoms with E-state index in [-0.39, 0.29) is 18.4 Å². The van der Waals surface area contributed by atoms with Crippen LogP contribution in [0.15, 0.2) is 18.2 Å². The summed E-state index contributed by atoms with van der Waals surface area (Å²) in [7, 11) is 1.57. The minimum absolute atomic E-state index is 0.0830. The van der Waals surface area contributed by atoms with Crippen LogP contribution in [0, 0.1) is 0 Å². The van der Waals surface area contributed by atoms with Crippen molar-refractivity contribution in [2.75, 3.05) is 20.3 Å². The molecule has 0 aliphatic rings. The molecular weight excluding hydrogens is 218 g/mol. The number of rotatable bonds is 7. The van der Waals surface area contributed by atoms with Gasteiger partial charge in [0.05, 0.1) is 7.11 Å². The van der Waals surface area contributed by atoms with Gasteiger partial charge in [0.25, 0.3) is 0 Å². The minimum Gasteiger partial charge on any atom is -0.507 e. The van der Waals surface area contributed by atoms with Crippen molar-refractivity contribution in [3.05, 3.63) is 23.8 Å². The number of phenols is 1. The summed E-state index contributed by atoms with van der Waals surface area (Å²) in [6.07, 6.45) is 1.73. The number of aliphatic hydroxyl groups is 1. The number of ether oxygens (including phenoxy) is 1. The van der Waals surface area contributed by atoms with Crippen LogP contribution >= 0.6 is 0 Å². The Hall–Kier alpha value is -1.26. The number of hydrogen-bond acceptors (Lipinski definition) is 4. The van der Waals surface area contributed by atoms with Gasteiger partial charge >= 0.3 is 0 Å². The monoisotopic (exact) mass is 239 g/mol. The van der Waals surface area contributed by atoms with Crippen LogP contribution in [0.1, 0.15) is 31.4 Å². The molecule has 1 unspecified atom stereocenters. The zero-order valence-corrected chi connectivity index (χ0v) is 10.4. The quantitative estimate of drug-likeness (QED) is 0.635. The minimum atomic E-state index is 0.0830. The highest BCUT2D eigenvalue weighted by atomic mass is 16.5. The zero-order chi connectivity index (χ0) is 12.7. The van der Waals surface area contributed by atoms with Gasteiger partial charge in [-0.15, -0.1) is 0 Å². The number of phenolic OH excluding ortho intramolecular Hbond substituents is 1. The van der Waals surface area contributed by atoms with Crippen LogP contribution in [0.2, 0.25) is 0 Å². The zero-order valence-electron chi connectivity index (χ0n) is 10.4. The Kier molecular flexibility index (Phi) is 5.80. The maximum atomic E-state index is 9.84. The molecule has 0 heterocycles. The van der Waals surface area contributed by atoms with Gasteiger partial charge in [-0.1, -0.05) is 6.07 Å². The SMILES string of the molecule is COc1ccc(C(C)NCCCCO)c(O)c1. The van der Waals surface area contributed by atoms with Crippen LogP contribution in [-0.4, -0.2) is 30.5 Å². The largest absolute Gasteiger partial charge is 0.507 e. The fraction of sp³-hybridized carbons (Fsp3) is 0.538. The highest BCUT2D eigenvalue weighted by Crippen LogP contribution is 2.28. The van der Waals surface area contributed by atoms with Crippen molar-refractivity contribution in [1.82, 2.24) is 5.32 Å². The number of hydrogen-bond donors (Lipinski definition) is 3. The average Bonchev–Trinajstić information content (AvgIpc) is 2.34. The Balaban J connectivity index is 2.53. The third-order valence-electron chi connectivity index (χ3n) is 2.74. The fourth-order valence-electron chi connectivity index (χ4n) is 1.68. The Bertz CT molecular complexity index is 341. The van der Waals surface area contributed by atoms with Gasteiger partial charge in [0.1, 0.15) is 11.5 Å². The normalized spacial score (nSPS) is 12.4. The summed E-state index contributed by atoms with van der Waals surface area (Å²) in [4.78, 5) is 0. The van der Waals surface area contributed by atoms with E-state index >= 15 is 0 Å². The first-order valence-electron chi connectivity index (χ1n) is 5.90. The summed E-state index contributed by atoms with van der Waals surface area (Å²) in [5.74, 6) is 0.894. The van der Waals surface area contributed by atoms with Crippen molar-refractivity contribution < 1.29 is 14.9 Å². The van der Waals surface area contributed by atoms with E-state index in [9.17, 15) is 5.11 Å². The lowest BCUT2D eigenvalue weighted by atomic mass is 10.1. The second-order valence-electron chi connectivity index (χ2n) is 4.03. The summed E-state index contributed by atoms with van der Waals surface area (Å²) in [5, 5.41) is 21.8. The summed E-state index contributed by atoms with van der Waals surface area (Å²) >= 11 is 0. The van der Waals surface area contributed by atoms with Gasteiger partial charge in [-0.2, -0.15) is 0 Å². The van der Waals surface area contributed by atoms with Crippen LogP contribution in [-0.2, 0) is 0 Å². The topological polar surface area (TPSA) is 61.7 Å².